The van der Waals surface area contributed by atoms with Crippen LogP contribution in [0.3, 0.4) is 0 Å². The molecule has 0 radical (unpaired) electrons. The maximum Gasteiger partial charge on any atom is 0.132 e. The van der Waals surface area contributed by atoms with Crippen molar-refractivity contribution >= 4 is 0 Å². The molecule has 1 atom stereocenters. The molecular weight excluding hydrogens is 178 g/mol. The lowest BCUT2D eigenvalue weighted by atomic mass is 10.2. The smallest absolute Gasteiger partial charge is 0.132 e. The molecule has 0 aliphatic rings. The van der Waals surface area contributed by atoms with Crippen LogP contribution in [-0.2, 0) is 0 Å². The van der Waals surface area contributed by atoms with E-state index in [-0.39, 0.29) is 0 Å². The molecule has 1 aromatic heterocycles. The van der Waals surface area contributed by atoms with Crippen LogP contribution < -0.4 is 0 Å². The van der Waals surface area contributed by atoms with Crippen molar-refractivity contribution in [1.82, 2.24) is 4.90 Å². The predicted molar refractivity (Wildman–Crippen MR) is 56.1 cm³/mol. The van der Waals surface area contributed by atoms with Crippen molar-refractivity contribution in [3.63, 3.8) is 0 Å². The fourth-order valence-corrected chi connectivity index (χ4v) is 1.47. The van der Waals surface area contributed by atoms with Crippen molar-refractivity contribution < 1.29 is 9.52 Å². The van der Waals surface area contributed by atoms with Crippen LogP contribution in [0.15, 0.2) is 22.8 Å². The Balaban J connectivity index is 2.31. The Labute approximate surface area is 85.3 Å². The Morgan fingerprint density at radius 1 is 1.43 bits per heavy atom. The van der Waals surface area contributed by atoms with Gasteiger partial charge >= 0.3 is 0 Å². The second kappa shape index (κ2) is 5.83. The molecule has 1 rings (SSSR count). The third kappa shape index (κ3) is 3.16. The van der Waals surface area contributed by atoms with Crippen LogP contribution in [0.5, 0.6) is 0 Å². The van der Waals surface area contributed by atoms with E-state index < -0.39 is 6.10 Å². The van der Waals surface area contributed by atoms with Gasteiger partial charge in [-0.3, -0.25) is 0 Å². The summed E-state index contributed by atoms with van der Waals surface area (Å²) in [5, 5.41) is 9.73. The van der Waals surface area contributed by atoms with Crippen molar-refractivity contribution in [1.29, 1.82) is 0 Å². The molecule has 80 valence electrons. The van der Waals surface area contributed by atoms with E-state index >= 15 is 0 Å². The highest BCUT2D eigenvalue weighted by Crippen LogP contribution is 2.16. The zero-order valence-electron chi connectivity index (χ0n) is 8.94. The topological polar surface area (TPSA) is 36.6 Å². The highest BCUT2D eigenvalue weighted by atomic mass is 16.4. The van der Waals surface area contributed by atoms with E-state index in [0.717, 1.165) is 26.1 Å². The molecule has 0 fully saturated rings. The highest BCUT2D eigenvalue weighted by molar-refractivity contribution is 5.01. The van der Waals surface area contributed by atoms with E-state index in [0.29, 0.717) is 5.76 Å². The van der Waals surface area contributed by atoms with Gasteiger partial charge in [0, 0.05) is 6.54 Å². The molecular formula is C11H19NO2. The van der Waals surface area contributed by atoms with E-state index in [1.165, 1.54) is 0 Å². The first-order chi connectivity index (χ1) is 6.77. The lowest BCUT2D eigenvalue weighted by Crippen LogP contribution is -2.25. The van der Waals surface area contributed by atoms with Gasteiger partial charge in [-0.2, -0.15) is 0 Å². The zero-order valence-corrected chi connectivity index (χ0v) is 8.94. The zero-order chi connectivity index (χ0) is 10.4. The monoisotopic (exact) mass is 197 g/mol. The summed E-state index contributed by atoms with van der Waals surface area (Å²) < 4.78 is 5.13. The molecule has 0 spiro atoms. The minimum absolute atomic E-state index is 0.467. The second-order valence-electron chi connectivity index (χ2n) is 3.35. The number of aliphatic hydroxyl groups is 1. The van der Waals surface area contributed by atoms with Gasteiger partial charge in [0.15, 0.2) is 0 Å². The third-order valence-corrected chi connectivity index (χ3v) is 2.48. The number of hydrogen-bond donors (Lipinski definition) is 1. The minimum Gasteiger partial charge on any atom is -0.467 e. The molecule has 0 aliphatic heterocycles. The summed E-state index contributed by atoms with van der Waals surface area (Å²) in [7, 11) is 0. The molecule has 3 nitrogen and oxygen atoms in total. The Morgan fingerprint density at radius 3 is 2.64 bits per heavy atom. The third-order valence-electron chi connectivity index (χ3n) is 2.48. The van der Waals surface area contributed by atoms with E-state index in [2.05, 4.69) is 18.7 Å². The Bertz CT molecular complexity index is 229. The first-order valence-corrected chi connectivity index (χ1v) is 5.21. The van der Waals surface area contributed by atoms with Crippen molar-refractivity contribution in [2.45, 2.75) is 26.4 Å². The van der Waals surface area contributed by atoms with Crippen molar-refractivity contribution in [2.75, 3.05) is 19.6 Å². The number of furan rings is 1. The summed E-state index contributed by atoms with van der Waals surface area (Å²) in [6.07, 6.45) is 1.86. The quantitative estimate of drug-likeness (QED) is 0.758. The summed E-state index contributed by atoms with van der Waals surface area (Å²) in [6, 6.07) is 3.61. The van der Waals surface area contributed by atoms with Gasteiger partial charge in [-0.1, -0.05) is 13.8 Å². The van der Waals surface area contributed by atoms with Gasteiger partial charge in [0.25, 0.3) is 0 Å². The largest absolute Gasteiger partial charge is 0.467 e. The Morgan fingerprint density at radius 2 is 2.14 bits per heavy atom. The van der Waals surface area contributed by atoms with Gasteiger partial charge in [-0.05, 0) is 31.6 Å². The van der Waals surface area contributed by atoms with Gasteiger partial charge in [0.05, 0.1) is 6.26 Å². The summed E-state index contributed by atoms with van der Waals surface area (Å²) in [6.45, 7) is 7.23. The van der Waals surface area contributed by atoms with Gasteiger partial charge in [-0.15, -0.1) is 0 Å². The van der Waals surface area contributed by atoms with Gasteiger partial charge in [0.2, 0.25) is 0 Å². The average Bonchev–Trinajstić information content (AvgIpc) is 2.72. The van der Waals surface area contributed by atoms with Crippen molar-refractivity contribution in [3.8, 4) is 0 Å². The van der Waals surface area contributed by atoms with E-state index in [1.54, 1.807) is 12.3 Å². The molecule has 1 unspecified atom stereocenters. The molecule has 14 heavy (non-hydrogen) atoms. The normalized spacial score (nSPS) is 13.4. The predicted octanol–water partition coefficient (Wildman–Crippen LogP) is 2.04. The number of hydrogen-bond acceptors (Lipinski definition) is 3. The molecule has 0 saturated carbocycles. The SMILES string of the molecule is CCN(CC)CCC(O)c1ccco1. The number of rotatable bonds is 6. The van der Waals surface area contributed by atoms with Crippen LogP contribution >= 0.6 is 0 Å². The fourth-order valence-electron chi connectivity index (χ4n) is 1.47. The highest BCUT2D eigenvalue weighted by Gasteiger charge is 2.11. The molecule has 1 heterocycles. The molecule has 0 saturated heterocycles. The summed E-state index contributed by atoms with van der Waals surface area (Å²) in [5.41, 5.74) is 0. The summed E-state index contributed by atoms with van der Waals surface area (Å²) >= 11 is 0. The lowest BCUT2D eigenvalue weighted by molar-refractivity contribution is 0.123. The number of aliphatic hydroxyl groups excluding tert-OH is 1. The molecule has 1 N–H and O–H groups in total. The fraction of sp³-hybridized carbons (Fsp3) is 0.636. The standard InChI is InChI=1S/C11H19NO2/c1-3-12(4-2)8-7-10(13)11-6-5-9-14-11/h5-6,9-10,13H,3-4,7-8H2,1-2H3. The molecule has 3 heteroatoms. The first kappa shape index (κ1) is 11.3. The Kier molecular flexibility index (Phi) is 4.70. The van der Waals surface area contributed by atoms with Crippen molar-refractivity contribution in [2.24, 2.45) is 0 Å². The van der Waals surface area contributed by atoms with Crippen LogP contribution in [0.2, 0.25) is 0 Å². The van der Waals surface area contributed by atoms with Gasteiger partial charge in [-0.25, -0.2) is 0 Å². The van der Waals surface area contributed by atoms with Crippen LogP contribution in [0.1, 0.15) is 32.1 Å². The van der Waals surface area contributed by atoms with Gasteiger partial charge in [0.1, 0.15) is 11.9 Å². The first-order valence-electron chi connectivity index (χ1n) is 5.21. The summed E-state index contributed by atoms with van der Waals surface area (Å²) in [4.78, 5) is 2.28. The van der Waals surface area contributed by atoms with Crippen LogP contribution in [-0.4, -0.2) is 29.6 Å². The van der Waals surface area contributed by atoms with Crippen molar-refractivity contribution in [3.05, 3.63) is 24.2 Å². The molecule has 0 aliphatic carbocycles. The summed E-state index contributed by atoms with van der Waals surface area (Å²) in [5.74, 6) is 0.664. The van der Waals surface area contributed by atoms with Crippen LogP contribution in [0.4, 0.5) is 0 Å². The van der Waals surface area contributed by atoms with E-state index in [1.807, 2.05) is 6.07 Å². The van der Waals surface area contributed by atoms with E-state index in [4.69, 9.17) is 4.42 Å². The number of nitrogens with zero attached hydrogens (tertiary/aromatic N) is 1. The van der Waals surface area contributed by atoms with Crippen LogP contribution in [0, 0.1) is 0 Å². The average molecular weight is 197 g/mol. The van der Waals surface area contributed by atoms with E-state index in [9.17, 15) is 5.11 Å². The maximum atomic E-state index is 9.73. The maximum absolute atomic E-state index is 9.73. The lowest BCUT2D eigenvalue weighted by Gasteiger charge is -2.19. The van der Waals surface area contributed by atoms with Gasteiger partial charge < -0.3 is 14.4 Å². The molecule has 0 bridgehead atoms. The molecule has 0 aromatic carbocycles. The Hall–Kier alpha value is -0.800. The van der Waals surface area contributed by atoms with Crippen LogP contribution in [0.25, 0.3) is 0 Å². The molecule has 1 aromatic rings. The second-order valence-corrected chi connectivity index (χ2v) is 3.35. The minimum atomic E-state index is -0.467. The molecule has 0 amide bonds.